The Kier molecular flexibility index (Phi) is 3.30. The van der Waals surface area contributed by atoms with Crippen LogP contribution < -0.4 is 11.1 Å². The molecule has 0 aromatic carbocycles. The second-order valence-corrected chi connectivity index (χ2v) is 3.82. The maximum absolute atomic E-state index is 5.90. The van der Waals surface area contributed by atoms with Crippen molar-refractivity contribution in [2.45, 2.75) is 13.0 Å². The van der Waals surface area contributed by atoms with E-state index in [1.54, 1.807) is 24.7 Å². The van der Waals surface area contributed by atoms with Gasteiger partial charge in [0.05, 0.1) is 6.04 Å². The highest BCUT2D eigenvalue weighted by Gasteiger charge is 2.17. The maximum Gasteiger partial charge on any atom is 0.149 e. The molecular weight excluding hydrogens is 214 g/mol. The first kappa shape index (κ1) is 11.5. The van der Waals surface area contributed by atoms with Crippen LogP contribution in [0.25, 0.3) is 0 Å². The summed E-state index contributed by atoms with van der Waals surface area (Å²) in [7, 11) is 1.85. The summed E-state index contributed by atoms with van der Waals surface area (Å²) in [6.07, 6.45) is 5.18. The fourth-order valence-electron chi connectivity index (χ4n) is 1.72. The van der Waals surface area contributed by atoms with Gasteiger partial charge in [-0.3, -0.25) is 0 Å². The van der Waals surface area contributed by atoms with Crippen LogP contribution in [-0.2, 0) is 0 Å². The highest BCUT2D eigenvalue weighted by atomic mass is 15.0. The van der Waals surface area contributed by atoms with Crippen LogP contribution in [0, 0.1) is 6.92 Å². The third-order valence-electron chi connectivity index (χ3n) is 2.53. The molecule has 0 radical (unpaired) electrons. The van der Waals surface area contributed by atoms with E-state index < -0.39 is 0 Å². The third-order valence-corrected chi connectivity index (χ3v) is 2.53. The second-order valence-electron chi connectivity index (χ2n) is 3.82. The number of anilines is 1. The SMILES string of the molecule is CNC(c1ncccn1)c1cc(C)cnc1N. The Hall–Kier alpha value is -2.01. The van der Waals surface area contributed by atoms with Gasteiger partial charge in [-0.05, 0) is 31.7 Å². The number of nitrogens with two attached hydrogens (primary N) is 1. The van der Waals surface area contributed by atoms with Crippen molar-refractivity contribution in [3.63, 3.8) is 0 Å². The van der Waals surface area contributed by atoms with E-state index in [-0.39, 0.29) is 6.04 Å². The van der Waals surface area contributed by atoms with Crippen LogP contribution in [0.15, 0.2) is 30.7 Å². The third kappa shape index (κ3) is 2.39. The number of nitrogens with one attached hydrogen (secondary N) is 1. The van der Waals surface area contributed by atoms with Gasteiger partial charge in [0.2, 0.25) is 0 Å². The van der Waals surface area contributed by atoms with Gasteiger partial charge in [-0.2, -0.15) is 0 Å². The second kappa shape index (κ2) is 4.88. The minimum absolute atomic E-state index is 0.136. The van der Waals surface area contributed by atoms with E-state index >= 15 is 0 Å². The predicted molar refractivity (Wildman–Crippen MR) is 66.3 cm³/mol. The molecule has 0 saturated heterocycles. The Morgan fingerprint density at radius 1 is 1.24 bits per heavy atom. The van der Waals surface area contributed by atoms with Crippen molar-refractivity contribution in [1.29, 1.82) is 0 Å². The largest absolute Gasteiger partial charge is 0.383 e. The molecule has 0 aliphatic heterocycles. The summed E-state index contributed by atoms with van der Waals surface area (Å²) in [6.45, 7) is 1.98. The van der Waals surface area contributed by atoms with E-state index in [1.165, 1.54) is 0 Å². The van der Waals surface area contributed by atoms with Crippen LogP contribution in [0.4, 0.5) is 5.82 Å². The highest BCUT2D eigenvalue weighted by Crippen LogP contribution is 2.23. The van der Waals surface area contributed by atoms with Crippen LogP contribution in [0.2, 0.25) is 0 Å². The lowest BCUT2D eigenvalue weighted by Crippen LogP contribution is -2.21. The van der Waals surface area contributed by atoms with E-state index in [0.717, 1.165) is 11.1 Å². The molecule has 0 amide bonds. The summed E-state index contributed by atoms with van der Waals surface area (Å²) < 4.78 is 0. The Balaban J connectivity index is 2.46. The van der Waals surface area contributed by atoms with Gasteiger partial charge in [0.15, 0.2) is 0 Å². The van der Waals surface area contributed by atoms with Gasteiger partial charge < -0.3 is 11.1 Å². The minimum Gasteiger partial charge on any atom is -0.383 e. The van der Waals surface area contributed by atoms with Crippen LogP contribution in [0.3, 0.4) is 0 Å². The number of pyridine rings is 1. The molecule has 2 aromatic rings. The lowest BCUT2D eigenvalue weighted by Gasteiger charge is -2.16. The predicted octanol–water partition coefficient (Wildman–Crippen LogP) is 1.07. The first-order chi connectivity index (χ1) is 8.22. The number of rotatable bonds is 3. The zero-order chi connectivity index (χ0) is 12.3. The average molecular weight is 229 g/mol. The lowest BCUT2D eigenvalue weighted by molar-refractivity contribution is 0.645. The first-order valence-corrected chi connectivity index (χ1v) is 5.38. The van der Waals surface area contributed by atoms with E-state index in [4.69, 9.17) is 5.73 Å². The van der Waals surface area contributed by atoms with Crippen LogP contribution in [0.1, 0.15) is 23.0 Å². The maximum atomic E-state index is 5.90. The molecular formula is C12H15N5. The Labute approximate surface area is 100 Å². The van der Waals surface area contributed by atoms with Gasteiger partial charge in [-0.25, -0.2) is 15.0 Å². The van der Waals surface area contributed by atoms with Crippen LogP contribution in [-0.4, -0.2) is 22.0 Å². The Morgan fingerprint density at radius 3 is 2.59 bits per heavy atom. The molecule has 17 heavy (non-hydrogen) atoms. The van der Waals surface area contributed by atoms with E-state index in [1.807, 2.05) is 20.0 Å². The Morgan fingerprint density at radius 2 is 1.94 bits per heavy atom. The van der Waals surface area contributed by atoms with Gasteiger partial charge >= 0.3 is 0 Å². The van der Waals surface area contributed by atoms with E-state index in [2.05, 4.69) is 20.3 Å². The summed E-state index contributed by atoms with van der Waals surface area (Å²) >= 11 is 0. The van der Waals surface area contributed by atoms with E-state index in [0.29, 0.717) is 11.6 Å². The number of aryl methyl sites for hydroxylation is 1. The van der Waals surface area contributed by atoms with Crippen LogP contribution in [0.5, 0.6) is 0 Å². The molecule has 0 saturated carbocycles. The van der Waals surface area contributed by atoms with Crippen molar-refractivity contribution < 1.29 is 0 Å². The molecule has 1 unspecified atom stereocenters. The minimum atomic E-state index is -0.136. The summed E-state index contributed by atoms with van der Waals surface area (Å²) in [4.78, 5) is 12.6. The highest BCUT2D eigenvalue weighted by molar-refractivity contribution is 5.45. The molecule has 5 nitrogen and oxygen atoms in total. The quantitative estimate of drug-likeness (QED) is 0.823. The number of hydrogen-bond acceptors (Lipinski definition) is 5. The fraction of sp³-hybridized carbons (Fsp3) is 0.250. The molecule has 0 fully saturated rings. The molecule has 2 aromatic heterocycles. The van der Waals surface area contributed by atoms with E-state index in [9.17, 15) is 0 Å². The molecule has 0 bridgehead atoms. The van der Waals surface area contributed by atoms with Crippen molar-refractivity contribution in [2.24, 2.45) is 0 Å². The summed E-state index contributed by atoms with van der Waals surface area (Å²) in [5, 5.41) is 3.16. The molecule has 1 atom stereocenters. The normalized spacial score (nSPS) is 12.4. The van der Waals surface area contributed by atoms with Crippen molar-refractivity contribution in [3.8, 4) is 0 Å². The number of nitrogen functional groups attached to an aromatic ring is 1. The summed E-state index contributed by atoms with van der Waals surface area (Å²) in [5.41, 5.74) is 7.86. The molecule has 0 aliphatic rings. The van der Waals surface area contributed by atoms with Gasteiger partial charge in [0.1, 0.15) is 11.6 Å². The van der Waals surface area contributed by atoms with Crippen LogP contribution >= 0.6 is 0 Å². The van der Waals surface area contributed by atoms with Crippen molar-refractivity contribution in [3.05, 3.63) is 47.7 Å². The Bertz CT molecular complexity index is 498. The summed E-state index contributed by atoms with van der Waals surface area (Å²) in [5.74, 6) is 1.19. The average Bonchev–Trinajstić information content (AvgIpc) is 2.36. The van der Waals surface area contributed by atoms with Crippen molar-refractivity contribution >= 4 is 5.82 Å². The standard InChI is InChI=1S/C12H15N5/c1-8-6-9(11(13)17-7-8)10(14-2)12-15-4-3-5-16-12/h3-7,10,14H,1-2H3,(H2,13,17). The molecule has 0 spiro atoms. The zero-order valence-electron chi connectivity index (χ0n) is 9.88. The van der Waals surface area contributed by atoms with Crippen molar-refractivity contribution in [2.75, 3.05) is 12.8 Å². The monoisotopic (exact) mass is 229 g/mol. The number of nitrogens with zero attached hydrogens (tertiary/aromatic N) is 3. The zero-order valence-corrected chi connectivity index (χ0v) is 9.88. The van der Waals surface area contributed by atoms with Gasteiger partial charge in [0.25, 0.3) is 0 Å². The van der Waals surface area contributed by atoms with Crippen molar-refractivity contribution in [1.82, 2.24) is 20.3 Å². The van der Waals surface area contributed by atoms with Gasteiger partial charge in [-0.15, -0.1) is 0 Å². The molecule has 2 heterocycles. The topological polar surface area (TPSA) is 76.7 Å². The molecule has 5 heteroatoms. The van der Waals surface area contributed by atoms with Gasteiger partial charge in [-0.1, -0.05) is 0 Å². The molecule has 2 rings (SSSR count). The number of aromatic nitrogens is 3. The smallest absolute Gasteiger partial charge is 0.149 e. The summed E-state index contributed by atoms with van der Waals surface area (Å²) in [6, 6.07) is 3.65. The molecule has 0 aliphatic carbocycles. The lowest BCUT2D eigenvalue weighted by atomic mass is 10.1. The molecule has 3 N–H and O–H groups in total. The fourth-order valence-corrected chi connectivity index (χ4v) is 1.72. The molecule has 88 valence electrons. The number of hydrogen-bond donors (Lipinski definition) is 2. The van der Waals surface area contributed by atoms with Gasteiger partial charge in [0, 0.05) is 24.2 Å². The first-order valence-electron chi connectivity index (χ1n) is 5.38.